The summed E-state index contributed by atoms with van der Waals surface area (Å²) in [4.78, 5) is 0. The van der Waals surface area contributed by atoms with Crippen molar-refractivity contribution in [1.82, 2.24) is 0 Å². The van der Waals surface area contributed by atoms with Crippen LogP contribution in [-0.4, -0.2) is 40.1 Å². The molecule has 2 aliphatic heterocycles. The first-order chi connectivity index (χ1) is 24.1. The molecule has 52 heavy (non-hydrogen) atoms. The Hall–Kier alpha value is -2.94. The summed E-state index contributed by atoms with van der Waals surface area (Å²) in [6, 6.07) is 22.7. The third kappa shape index (κ3) is 5.47. The van der Waals surface area contributed by atoms with Crippen molar-refractivity contribution in [2.24, 2.45) is 0 Å². The number of rotatable bonds is 2. The SMILES string of the molecule is Cc1cc(C)c(C)c(C2(O)c3ccc(C(C)(C)C)cc3[Se]c3cc4c(cc32)[Se]c2cc(C(C)(C)C)ccc2C4(O)c2c(C)c(C)cc(C)c2C)c1C. The molecule has 2 aliphatic rings. The number of aryl methyl sites for hydroxylation is 4. The van der Waals surface area contributed by atoms with Gasteiger partial charge >= 0.3 is 327 Å². The van der Waals surface area contributed by atoms with Gasteiger partial charge in [-0.2, -0.15) is 0 Å². The van der Waals surface area contributed by atoms with E-state index in [9.17, 15) is 10.2 Å². The molecule has 0 aromatic heterocycles. The summed E-state index contributed by atoms with van der Waals surface area (Å²) in [5.41, 5.74) is 15.1. The summed E-state index contributed by atoms with van der Waals surface area (Å²) in [6.45, 7) is 30.9. The van der Waals surface area contributed by atoms with E-state index in [-0.39, 0.29) is 40.7 Å². The van der Waals surface area contributed by atoms with E-state index >= 15 is 0 Å². The van der Waals surface area contributed by atoms with Gasteiger partial charge in [-0.15, -0.1) is 0 Å². The summed E-state index contributed by atoms with van der Waals surface area (Å²) >= 11 is -0.185. The van der Waals surface area contributed by atoms with Crippen LogP contribution in [0, 0.1) is 55.4 Å². The third-order valence-corrected chi connectivity index (χ3v) is 16.9. The van der Waals surface area contributed by atoms with Crippen LogP contribution < -0.4 is 17.8 Å². The van der Waals surface area contributed by atoms with Crippen LogP contribution in [0.15, 0.2) is 60.7 Å². The molecular formula is C48H54O2Se2. The van der Waals surface area contributed by atoms with Crippen LogP contribution in [0.1, 0.15) is 131 Å². The number of fused-ring (bicyclic) bond motifs is 4. The van der Waals surface area contributed by atoms with E-state index in [0.717, 1.165) is 64.6 Å². The van der Waals surface area contributed by atoms with Crippen molar-refractivity contribution in [3.8, 4) is 0 Å². The first-order valence-electron chi connectivity index (χ1n) is 18.5. The zero-order chi connectivity index (χ0) is 38.0. The van der Waals surface area contributed by atoms with E-state index in [2.05, 4.69) is 158 Å². The Morgan fingerprint density at radius 3 is 0.981 bits per heavy atom. The van der Waals surface area contributed by atoms with Gasteiger partial charge < -0.3 is 0 Å². The molecule has 270 valence electrons. The molecule has 4 heteroatoms. The first kappa shape index (κ1) is 37.4. The Labute approximate surface area is 324 Å². The third-order valence-electron chi connectivity index (χ3n) is 12.2. The van der Waals surface area contributed by atoms with E-state index < -0.39 is 11.2 Å². The van der Waals surface area contributed by atoms with E-state index in [1.54, 1.807) is 0 Å². The molecule has 0 saturated heterocycles. The first-order valence-corrected chi connectivity index (χ1v) is 22.0. The van der Waals surface area contributed by atoms with Crippen molar-refractivity contribution >= 4 is 47.8 Å². The second-order valence-electron chi connectivity index (χ2n) is 17.7. The quantitative estimate of drug-likeness (QED) is 0.185. The Morgan fingerprint density at radius 1 is 0.404 bits per heavy atom. The van der Waals surface area contributed by atoms with Gasteiger partial charge in [-0.25, -0.2) is 0 Å². The zero-order valence-corrected chi connectivity index (χ0v) is 36.9. The van der Waals surface area contributed by atoms with Gasteiger partial charge in [0, 0.05) is 0 Å². The van der Waals surface area contributed by atoms with Crippen LogP contribution in [0.25, 0.3) is 0 Å². The molecular weight excluding hydrogens is 766 g/mol. The van der Waals surface area contributed by atoms with Crippen LogP contribution in [0.2, 0.25) is 0 Å². The van der Waals surface area contributed by atoms with E-state index in [1.165, 1.54) is 42.3 Å². The second-order valence-corrected chi connectivity index (χ2v) is 22.2. The second kappa shape index (κ2) is 12.3. The van der Waals surface area contributed by atoms with Gasteiger partial charge in [0.05, 0.1) is 0 Å². The topological polar surface area (TPSA) is 40.5 Å². The molecule has 0 fully saturated rings. The Balaban J connectivity index is 1.61. The van der Waals surface area contributed by atoms with Gasteiger partial charge in [0.15, 0.2) is 0 Å². The molecule has 5 aromatic rings. The Morgan fingerprint density at radius 2 is 0.692 bits per heavy atom. The molecule has 0 bridgehead atoms. The summed E-state index contributed by atoms with van der Waals surface area (Å²) < 4.78 is 4.72. The van der Waals surface area contributed by atoms with Crippen molar-refractivity contribution in [3.05, 3.63) is 150 Å². The number of hydrogen-bond donors (Lipinski definition) is 2. The van der Waals surface area contributed by atoms with Crippen molar-refractivity contribution < 1.29 is 10.2 Å². The summed E-state index contributed by atoms with van der Waals surface area (Å²) in [5.74, 6) is 0. The van der Waals surface area contributed by atoms with Crippen LogP contribution in [-0.2, 0) is 22.0 Å². The van der Waals surface area contributed by atoms with Gasteiger partial charge in [-0.05, 0) is 0 Å². The predicted molar refractivity (Wildman–Crippen MR) is 222 cm³/mol. The van der Waals surface area contributed by atoms with E-state index in [0.29, 0.717) is 0 Å². The van der Waals surface area contributed by atoms with Crippen LogP contribution in [0.5, 0.6) is 0 Å². The molecule has 0 amide bonds. The fraction of sp³-hybridized carbons (Fsp3) is 0.375. The summed E-state index contributed by atoms with van der Waals surface area (Å²) in [7, 11) is 0. The van der Waals surface area contributed by atoms with Crippen molar-refractivity contribution in [1.29, 1.82) is 0 Å². The van der Waals surface area contributed by atoms with Crippen molar-refractivity contribution in [2.75, 3.05) is 0 Å². The summed E-state index contributed by atoms with van der Waals surface area (Å²) in [6.07, 6.45) is 0. The Bertz CT molecular complexity index is 2120. The van der Waals surface area contributed by atoms with Crippen LogP contribution in [0.3, 0.4) is 0 Å². The Kier molecular flexibility index (Phi) is 8.83. The number of aliphatic hydroxyl groups is 2. The fourth-order valence-electron chi connectivity index (χ4n) is 8.62. The summed E-state index contributed by atoms with van der Waals surface area (Å²) in [5, 5.41) is 27.5. The maximum absolute atomic E-state index is 13.8. The molecule has 2 atom stereocenters. The zero-order valence-electron chi connectivity index (χ0n) is 33.5. The van der Waals surface area contributed by atoms with E-state index in [4.69, 9.17) is 0 Å². The molecule has 0 aliphatic carbocycles. The standard InChI is InChI=1S/C48H54O2Se2/c1-25-19-26(2)30(6)43(29(25)5)47(49)35-17-15-33(45(9,10)11)21-39(35)51-41-24-38-42(23-37(41)47)52-40-22-34(46(12,13)14)16-18-36(40)48(38,50)44-31(7)27(3)20-28(4)32(44)8/h15-24,49-50H,1-14H3. The van der Waals surface area contributed by atoms with Gasteiger partial charge in [-0.3, -0.25) is 0 Å². The molecule has 0 radical (unpaired) electrons. The molecule has 0 spiro atoms. The minimum atomic E-state index is -1.34. The maximum atomic E-state index is 13.8. The van der Waals surface area contributed by atoms with Crippen molar-refractivity contribution in [2.45, 2.75) is 119 Å². The molecule has 2 N–H and O–H groups in total. The van der Waals surface area contributed by atoms with Gasteiger partial charge in [0.2, 0.25) is 0 Å². The number of benzene rings is 5. The molecule has 2 unspecified atom stereocenters. The predicted octanol–water partition coefficient (Wildman–Crippen LogP) is 7.25. The monoisotopic (exact) mass is 822 g/mol. The van der Waals surface area contributed by atoms with E-state index in [1.807, 2.05) is 0 Å². The molecule has 7 rings (SSSR count). The van der Waals surface area contributed by atoms with Gasteiger partial charge in [0.25, 0.3) is 0 Å². The van der Waals surface area contributed by atoms with Crippen LogP contribution in [0.4, 0.5) is 0 Å². The van der Waals surface area contributed by atoms with Crippen LogP contribution >= 0.6 is 0 Å². The van der Waals surface area contributed by atoms with Gasteiger partial charge in [0.1, 0.15) is 0 Å². The minimum absolute atomic E-state index is 0.0262. The van der Waals surface area contributed by atoms with Gasteiger partial charge in [-0.1, -0.05) is 0 Å². The average molecular weight is 821 g/mol. The number of hydrogen-bond acceptors (Lipinski definition) is 2. The molecule has 2 nitrogen and oxygen atoms in total. The molecule has 2 heterocycles. The average Bonchev–Trinajstić information content (AvgIpc) is 3.05. The molecule has 5 aromatic carbocycles. The fourth-order valence-corrected chi connectivity index (χ4v) is 13.8. The normalized spacial score (nSPS) is 19.5. The molecule has 0 saturated carbocycles. The van der Waals surface area contributed by atoms with Crippen molar-refractivity contribution in [3.63, 3.8) is 0 Å².